The molecular weight excluding hydrogens is 313 g/mol. The van der Waals surface area contributed by atoms with Gasteiger partial charge in [0.2, 0.25) is 11.8 Å². The molecule has 0 saturated carbocycles. The van der Waals surface area contributed by atoms with E-state index in [0.717, 1.165) is 5.56 Å². The summed E-state index contributed by atoms with van der Waals surface area (Å²) in [6, 6.07) is 2.80. The smallest absolute Gasteiger partial charge is 0.238 e. The van der Waals surface area contributed by atoms with Gasteiger partial charge >= 0.3 is 0 Å². The molecule has 1 aromatic carbocycles. The van der Waals surface area contributed by atoms with Crippen molar-refractivity contribution in [3.8, 4) is 0 Å². The topological polar surface area (TPSA) is 79.5 Å². The molecule has 2 rings (SSSR count). The summed E-state index contributed by atoms with van der Waals surface area (Å²) in [5.41, 5.74) is 1.35. The summed E-state index contributed by atoms with van der Waals surface area (Å²) in [5.74, 6) is -0.963. The maximum absolute atomic E-state index is 13.9. The van der Waals surface area contributed by atoms with E-state index in [9.17, 15) is 14.0 Å². The van der Waals surface area contributed by atoms with Crippen molar-refractivity contribution in [2.45, 2.75) is 12.8 Å². The van der Waals surface area contributed by atoms with Gasteiger partial charge in [-0.2, -0.15) is 0 Å². The molecule has 1 aromatic rings. The fourth-order valence-electron chi connectivity index (χ4n) is 2.06. The van der Waals surface area contributed by atoms with Crippen LogP contribution < -0.4 is 16.0 Å². The van der Waals surface area contributed by atoms with Gasteiger partial charge in [-0.25, -0.2) is 4.39 Å². The van der Waals surface area contributed by atoms with E-state index in [-0.39, 0.29) is 36.5 Å². The average Bonchev–Trinajstić information content (AvgIpc) is 2.45. The number of methoxy groups -OCH3 is 1. The zero-order valence-corrected chi connectivity index (χ0v) is 13.0. The van der Waals surface area contributed by atoms with Gasteiger partial charge in [0.25, 0.3) is 0 Å². The van der Waals surface area contributed by atoms with Crippen LogP contribution >= 0.6 is 12.4 Å². The molecule has 22 heavy (non-hydrogen) atoms. The number of hydrogen-bond acceptors (Lipinski definition) is 4. The Morgan fingerprint density at radius 2 is 2.18 bits per heavy atom. The van der Waals surface area contributed by atoms with Crippen LogP contribution in [0.5, 0.6) is 0 Å². The second-order valence-corrected chi connectivity index (χ2v) is 4.76. The Morgan fingerprint density at radius 3 is 2.91 bits per heavy atom. The fourth-order valence-corrected chi connectivity index (χ4v) is 2.06. The van der Waals surface area contributed by atoms with Gasteiger partial charge in [-0.1, -0.05) is 0 Å². The molecule has 2 amide bonds. The minimum Gasteiger partial charge on any atom is -0.383 e. The van der Waals surface area contributed by atoms with Crippen LogP contribution in [0.15, 0.2) is 12.1 Å². The Hall–Kier alpha value is -1.70. The third kappa shape index (κ3) is 4.94. The van der Waals surface area contributed by atoms with Crippen LogP contribution in [0.1, 0.15) is 12.0 Å². The molecule has 6 nitrogen and oxygen atoms in total. The molecule has 0 aliphatic carbocycles. The molecule has 3 N–H and O–H groups in total. The van der Waals surface area contributed by atoms with Crippen LogP contribution in [-0.4, -0.2) is 38.6 Å². The van der Waals surface area contributed by atoms with Gasteiger partial charge in [0, 0.05) is 25.8 Å². The molecule has 0 spiro atoms. The largest absolute Gasteiger partial charge is 0.383 e. The monoisotopic (exact) mass is 331 g/mol. The van der Waals surface area contributed by atoms with Crippen molar-refractivity contribution >= 4 is 35.6 Å². The highest BCUT2D eigenvalue weighted by molar-refractivity contribution is 5.97. The highest BCUT2D eigenvalue weighted by Gasteiger charge is 2.18. The lowest BCUT2D eigenvalue weighted by atomic mass is 10.0. The van der Waals surface area contributed by atoms with Gasteiger partial charge in [0.05, 0.1) is 18.8 Å². The second-order valence-electron chi connectivity index (χ2n) is 4.76. The normalized spacial score (nSPS) is 12.9. The van der Waals surface area contributed by atoms with E-state index in [1.807, 2.05) is 0 Å². The van der Waals surface area contributed by atoms with Crippen LogP contribution in [-0.2, 0) is 20.7 Å². The van der Waals surface area contributed by atoms with Gasteiger partial charge in [-0.15, -0.1) is 12.4 Å². The summed E-state index contributed by atoms with van der Waals surface area (Å²) < 4.78 is 18.7. The first-order chi connectivity index (χ1) is 10.1. The van der Waals surface area contributed by atoms with E-state index in [0.29, 0.717) is 31.7 Å². The zero-order valence-electron chi connectivity index (χ0n) is 12.2. The minimum atomic E-state index is -0.504. The zero-order chi connectivity index (χ0) is 15.2. The van der Waals surface area contributed by atoms with Crippen molar-refractivity contribution in [3.05, 3.63) is 23.5 Å². The van der Waals surface area contributed by atoms with E-state index in [1.54, 1.807) is 7.11 Å². The molecule has 122 valence electrons. The highest BCUT2D eigenvalue weighted by Crippen LogP contribution is 2.28. The Balaban J connectivity index is 0.00000242. The van der Waals surface area contributed by atoms with Crippen LogP contribution in [0.3, 0.4) is 0 Å². The van der Waals surface area contributed by atoms with Gasteiger partial charge in [0.1, 0.15) is 5.82 Å². The van der Waals surface area contributed by atoms with Crippen molar-refractivity contribution < 1.29 is 18.7 Å². The summed E-state index contributed by atoms with van der Waals surface area (Å²) in [4.78, 5) is 23.0. The van der Waals surface area contributed by atoms with E-state index < -0.39 is 5.82 Å². The van der Waals surface area contributed by atoms with Gasteiger partial charge in [-0.05, 0) is 24.1 Å². The lowest BCUT2D eigenvalue weighted by Gasteiger charge is -2.18. The maximum Gasteiger partial charge on any atom is 0.238 e. The standard InChI is InChI=1S/C14H18FN3O3.ClH/c1-21-5-4-16-8-14(20)18-12-7-11-9(6-10(12)15)2-3-13(19)17-11;/h6-7,16H,2-5,8H2,1H3,(H,17,19)(H,18,20);1H. The Bertz CT molecular complexity index is 554. The first-order valence-electron chi connectivity index (χ1n) is 6.72. The number of carbonyl (C=O) groups excluding carboxylic acids is 2. The molecule has 0 radical (unpaired) electrons. The first-order valence-corrected chi connectivity index (χ1v) is 6.72. The van der Waals surface area contributed by atoms with E-state index >= 15 is 0 Å². The van der Waals surface area contributed by atoms with E-state index in [1.165, 1.54) is 12.1 Å². The molecule has 1 aliphatic heterocycles. The summed E-state index contributed by atoms with van der Waals surface area (Å²) in [6.07, 6.45) is 0.854. The number of rotatable bonds is 6. The summed E-state index contributed by atoms with van der Waals surface area (Å²) in [6.45, 7) is 1.09. The number of benzene rings is 1. The molecule has 1 heterocycles. The summed E-state index contributed by atoms with van der Waals surface area (Å²) in [7, 11) is 1.57. The average molecular weight is 332 g/mol. The second kappa shape index (κ2) is 8.67. The fraction of sp³-hybridized carbons (Fsp3) is 0.429. The number of anilines is 2. The number of amides is 2. The molecule has 0 fully saturated rings. The number of ether oxygens (including phenoxy) is 1. The minimum absolute atomic E-state index is 0. The SMILES string of the molecule is COCCNCC(=O)Nc1cc2c(cc1F)CCC(=O)N2.Cl. The molecule has 0 bridgehead atoms. The molecule has 0 saturated heterocycles. The van der Waals surface area contributed by atoms with Crippen LogP contribution in [0, 0.1) is 5.82 Å². The maximum atomic E-state index is 13.9. The molecule has 0 aromatic heterocycles. The number of aryl methyl sites for hydroxylation is 1. The summed E-state index contributed by atoms with van der Waals surface area (Å²) in [5, 5.41) is 8.02. The number of hydrogen-bond donors (Lipinski definition) is 3. The van der Waals surface area contributed by atoms with Crippen LogP contribution in [0.4, 0.5) is 15.8 Å². The first kappa shape index (κ1) is 18.3. The summed E-state index contributed by atoms with van der Waals surface area (Å²) >= 11 is 0. The van der Waals surface area contributed by atoms with E-state index in [2.05, 4.69) is 16.0 Å². The molecule has 0 atom stereocenters. The lowest BCUT2D eigenvalue weighted by Crippen LogP contribution is -2.30. The van der Waals surface area contributed by atoms with Crippen LogP contribution in [0.25, 0.3) is 0 Å². The van der Waals surface area contributed by atoms with Gasteiger partial charge in [-0.3, -0.25) is 9.59 Å². The Kier molecular flexibility index (Phi) is 7.23. The number of carbonyl (C=O) groups is 2. The third-order valence-electron chi connectivity index (χ3n) is 3.13. The van der Waals surface area contributed by atoms with Gasteiger partial charge < -0.3 is 20.7 Å². The van der Waals surface area contributed by atoms with Gasteiger partial charge in [0.15, 0.2) is 0 Å². The van der Waals surface area contributed by atoms with Crippen LogP contribution in [0.2, 0.25) is 0 Å². The van der Waals surface area contributed by atoms with Crippen molar-refractivity contribution in [1.82, 2.24) is 5.32 Å². The van der Waals surface area contributed by atoms with Crippen molar-refractivity contribution in [1.29, 1.82) is 0 Å². The van der Waals surface area contributed by atoms with Crippen molar-refractivity contribution in [3.63, 3.8) is 0 Å². The Morgan fingerprint density at radius 1 is 1.41 bits per heavy atom. The quantitative estimate of drug-likeness (QED) is 0.687. The molecule has 1 aliphatic rings. The van der Waals surface area contributed by atoms with Crippen molar-refractivity contribution in [2.24, 2.45) is 0 Å². The number of nitrogens with one attached hydrogen (secondary N) is 3. The third-order valence-corrected chi connectivity index (χ3v) is 3.13. The number of fused-ring (bicyclic) bond motifs is 1. The van der Waals surface area contributed by atoms with Crippen molar-refractivity contribution in [2.75, 3.05) is 37.4 Å². The highest BCUT2D eigenvalue weighted by atomic mass is 35.5. The van der Waals surface area contributed by atoms with E-state index in [4.69, 9.17) is 4.74 Å². The lowest BCUT2D eigenvalue weighted by molar-refractivity contribution is -0.116. The predicted octanol–water partition coefficient (Wildman–Crippen LogP) is 1.31. The molecule has 8 heteroatoms. The molecule has 0 unspecified atom stereocenters. The Labute approximate surface area is 134 Å². The predicted molar refractivity (Wildman–Crippen MR) is 84.0 cm³/mol. The molecular formula is C14H19ClFN3O3. The number of halogens is 2.